The molecule has 0 saturated heterocycles. The molecule has 0 bridgehead atoms. The van der Waals surface area contributed by atoms with Crippen molar-refractivity contribution in [2.45, 2.75) is 39.8 Å². The van der Waals surface area contributed by atoms with Crippen LogP contribution in [0.3, 0.4) is 0 Å². The van der Waals surface area contributed by atoms with E-state index in [1.807, 2.05) is 61.5 Å². The topological polar surface area (TPSA) is 130 Å². The molecule has 0 spiro atoms. The first-order valence-corrected chi connectivity index (χ1v) is 14.7. The van der Waals surface area contributed by atoms with Crippen LogP contribution in [0.5, 0.6) is 0 Å². The minimum atomic E-state index is -4.04. The van der Waals surface area contributed by atoms with Gasteiger partial charge in [0.2, 0.25) is 21.8 Å². The van der Waals surface area contributed by atoms with E-state index in [1.54, 1.807) is 13.8 Å². The summed E-state index contributed by atoms with van der Waals surface area (Å²) in [5.74, 6) is -0.988. The summed E-state index contributed by atoms with van der Waals surface area (Å²) in [6.07, 6.45) is 1.15. The maximum Gasteiger partial charge on any atom is 0.271 e. The highest BCUT2D eigenvalue weighted by molar-refractivity contribution is 7.92. The van der Waals surface area contributed by atoms with Crippen LogP contribution >= 0.6 is 0 Å². The average molecular weight is 567 g/mol. The SMILES string of the molecule is CCNC(=O)[C@H](Cc1ccccc1)N(Cc1ccccc1C)C(=O)CN(c1cc([N+](=O)[O-])ccc1C)S(C)(=O)=O. The van der Waals surface area contributed by atoms with Crippen molar-refractivity contribution in [3.63, 3.8) is 0 Å². The number of sulfonamides is 1. The molecule has 3 rings (SSSR count). The third-order valence-electron chi connectivity index (χ3n) is 6.58. The zero-order chi connectivity index (χ0) is 29.4. The average Bonchev–Trinajstić information content (AvgIpc) is 2.90. The molecule has 1 atom stereocenters. The number of nitro benzene ring substituents is 1. The standard InChI is InChI=1S/C29H34N4O6S/c1-5-30-29(35)27(17-23-12-7-6-8-13-23)31(19-24-14-10-9-11-21(24)2)28(34)20-32(40(4,38)39)26-18-25(33(36)37)16-15-22(26)3/h6-16,18,27H,5,17,19-20H2,1-4H3,(H,30,35)/t27-/m0/s1. The van der Waals surface area contributed by atoms with Crippen molar-refractivity contribution in [1.82, 2.24) is 10.2 Å². The minimum Gasteiger partial charge on any atom is -0.355 e. The van der Waals surface area contributed by atoms with Crippen LogP contribution in [-0.2, 0) is 32.6 Å². The largest absolute Gasteiger partial charge is 0.355 e. The second-order valence-corrected chi connectivity index (χ2v) is 11.5. The Morgan fingerprint density at radius 1 is 0.975 bits per heavy atom. The van der Waals surface area contributed by atoms with Crippen LogP contribution in [0.4, 0.5) is 11.4 Å². The van der Waals surface area contributed by atoms with Crippen LogP contribution in [0, 0.1) is 24.0 Å². The lowest BCUT2D eigenvalue weighted by Crippen LogP contribution is -2.53. The molecule has 0 aliphatic heterocycles. The number of nitrogens with one attached hydrogen (secondary N) is 1. The Labute approximate surface area is 234 Å². The number of nitro groups is 1. The van der Waals surface area contributed by atoms with E-state index < -0.39 is 33.4 Å². The van der Waals surface area contributed by atoms with Gasteiger partial charge in [-0.05, 0) is 43.0 Å². The second kappa shape index (κ2) is 13.2. The summed E-state index contributed by atoms with van der Waals surface area (Å²) in [6, 6.07) is 19.6. The van der Waals surface area contributed by atoms with Gasteiger partial charge in [-0.3, -0.25) is 24.0 Å². The molecule has 0 radical (unpaired) electrons. The molecule has 212 valence electrons. The van der Waals surface area contributed by atoms with E-state index in [1.165, 1.54) is 17.0 Å². The second-order valence-electron chi connectivity index (χ2n) is 9.55. The summed E-state index contributed by atoms with van der Waals surface area (Å²) in [7, 11) is -4.04. The molecule has 0 aliphatic rings. The Bertz CT molecular complexity index is 1480. The fraction of sp³-hybridized carbons (Fsp3) is 0.310. The van der Waals surface area contributed by atoms with E-state index in [0.29, 0.717) is 12.1 Å². The highest BCUT2D eigenvalue weighted by Crippen LogP contribution is 2.28. The predicted octanol–water partition coefficient (Wildman–Crippen LogP) is 3.75. The number of carbonyl (C=O) groups excluding carboxylic acids is 2. The van der Waals surface area contributed by atoms with Gasteiger partial charge < -0.3 is 10.2 Å². The zero-order valence-electron chi connectivity index (χ0n) is 23.0. The number of amides is 2. The maximum atomic E-state index is 14.1. The molecule has 40 heavy (non-hydrogen) atoms. The third-order valence-corrected chi connectivity index (χ3v) is 7.70. The number of hydrogen-bond donors (Lipinski definition) is 1. The predicted molar refractivity (Wildman–Crippen MR) is 154 cm³/mol. The Balaban J connectivity index is 2.10. The smallest absolute Gasteiger partial charge is 0.271 e. The first-order valence-electron chi connectivity index (χ1n) is 12.8. The first kappa shape index (κ1) is 30.3. The highest BCUT2D eigenvalue weighted by Gasteiger charge is 2.33. The van der Waals surface area contributed by atoms with Gasteiger partial charge in [-0.15, -0.1) is 0 Å². The normalized spacial score (nSPS) is 11.9. The highest BCUT2D eigenvalue weighted by atomic mass is 32.2. The molecule has 11 heteroatoms. The van der Waals surface area contributed by atoms with E-state index in [-0.39, 0.29) is 30.2 Å². The monoisotopic (exact) mass is 566 g/mol. The number of carbonyl (C=O) groups is 2. The van der Waals surface area contributed by atoms with Crippen molar-refractivity contribution in [1.29, 1.82) is 0 Å². The Kier molecular flexibility index (Phi) is 10.0. The number of nitrogens with zero attached hydrogens (tertiary/aromatic N) is 3. The van der Waals surface area contributed by atoms with Crippen LogP contribution in [0.25, 0.3) is 0 Å². The summed E-state index contributed by atoms with van der Waals surface area (Å²) in [5, 5.41) is 14.2. The lowest BCUT2D eigenvalue weighted by molar-refractivity contribution is -0.384. The Morgan fingerprint density at radius 2 is 1.62 bits per heavy atom. The van der Waals surface area contributed by atoms with Crippen LogP contribution in [-0.4, -0.2) is 55.4 Å². The molecule has 0 aliphatic carbocycles. The lowest BCUT2D eigenvalue weighted by atomic mass is 10.0. The zero-order valence-corrected chi connectivity index (χ0v) is 23.8. The summed E-state index contributed by atoms with van der Waals surface area (Å²) >= 11 is 0. The summed E-state index contributed by atoms with van der Waals surface area (Å²) in [6.45, 7) is 5.05. The van der Waals surface area contributed by atoms with Gasteiger partial charge in [-0.2, -0.15) is 0 Å². The van der Waals surface area contributed by atoms with Gasteiger partial charge in [-0.1, -0.05) is 60.7 Å². The molecule has 0 heterocycles. The molecule has 2 amide bonds. The van der Waals surface area contributed by atoms with Crippen molar-refractivity contribution in [3.05, 3.63) is 105 Å². The molecular formula is C29H34N4O6S. The molecule has 0 saturated carbocycles. The number of anilines is 1. The molecular weight excluding hydrogens is 532 g/mol. The fourth-order valence-electron chi connectivity index (χ4n) is 4.39. The Morgan fingerprint density at radius 3 is 2.23 bits per heavy atom. The van der Waals surface area contributed by atoms with Gasteiger partial charge in [0.05, 0.1) is 16.9 Å². The molecule has 3 aromatic carbocycles. The van der Waals surface area contributed by atoms with Crippen molar-refractivity contribution >= 4 is 33.2 Å². The number of non-ortho nitro benzene ring substituents is 1. The van der Waals surface area contributed by atoms with E-state index >= 15 is 0 Å². The number of benzene rings is 3. The molecule has 1 N–H and O–H groups in total. The van der Waals surface area contributed by atoms with Gasteiger partial charge in [-0.25, -0.2) is 8.42 Å². The van der Waals surface area contributed by atoms with Gasteiger partial charge in [0.25, 0.3) is 5.69 Å². The number of aryl methyl sites for hydroxylation is 2. The van der Waals surface area contributed by atoms with E-state index in [2.05, 4.69) is 5.32 Å². The first-order chi connectivity index (χ1) is 18.9. The summed E-state index contributed by atoms with van der Waals surface area (Å²) < 4.78 is 26.7. The van der Waals surface area contributed by atoms with Crippen molar-refractivity contribution in [3.8, 4) is 0 Å². The van der Waals surface area contributed by atoms with Crippen molar-refractivity contribution in [2.75, 3.05) is 23.7 Å². The van der Waals surface area contributed by atoms with Crippen LogP contribution in [0.2, 0.25) is 0 Å². The number of hydrogen-bond acceptors (Lipinski definition) is 6. The van der Waals surface area contributed by atoms with Gasteiger partial charge in [0, 0.05) is 31.6 Å². The molecule has 3 aromatic rings. The summed E-state index contributed by atoms with van der Waals surface area (Å²) in [5.41, 5.74) is 2.70. The van der Waals surface area contributed by atoms with Gasteiger partial charge >= 0.3 is 0 Å². The van der Waals surface area contributed by atoms with Crippen molar-refractivity contribution in [2.24, 2.45) is 0 Å². The third kappa shape index (κ3) is 7.66. The van der Waals surface area contributed by atoms with E-state index in [0.717, 1.165) is 33.3 Å². The van der Waals surface area contributed by atoms with Gasteiger partial charge in [0.1, 0.15) is 12.6 Å². The molecule has 0 fully saturated rings. The fourth-order valence-corrected chi connectivity index (χ4v) is 5.29. The molecule has 10 nitrogen and oxygen atoms in total. The van der Waals surface area contributed by atoms with Crippen LogP contribution in [0.15, 0.2) is 72.8 Å². The van der Waals surface area contributed by atoms with Crippen molar-refractivity contribution < 1.29 is 22.9 Å². The van der Waals surface area contributed by atoms with Crippen LogP contribution < -0.4 is 9.62 Å². The summed E-state index contributed by atoms with van der Waals surface area (Å²) in [4.78, 5) is 39.6. The number of rotatable bonds is 12. The Hall–Kier alpha value is -4.25. The van der Waals surface area contributed by atoms with Crippen LogP contribution in [0.1, 0.15) is 29.2 Å². The number of likely N-dealkylation sites (N-methyl/N-ethyl adjacent to an activating group) is 1. The van der Waals surface area contributed by atoms with Gasteiger partial charge in [0.15, 0.2) is 0 Å². The minimum absolute atomic E-state index is 0.0264. The molecule has 0 unspecified atom stereocenters. The van der Waals surface area contributed by atoms with E-state index in [4.69, 9.17) is 0 Å². The van der Waals surface area contributed by atoms with E-state index in [9.17, 15) is 28.1 Å². The quantitative estimate of drug-likeness (QED) is 0.263. The maximum absolute atomic E-state index is 14.1. The molecule has 0 aromatic heterocycles. The lowest BCUT2D eigenvalue weighted by Gasteiger charge is -2.34.